The molecule has 0 bridgehead atoms. The molecule has 98 valence electrons. The van der Waals surface area contributed by atoms with Gasteiger partial charge in [-0.25, -0.2) is 4.79 Å². The van der Waals surface area contributed by atoms with Crippen molar-refractivity contribution < 1.29 is 14.6 Å². The largest absolute Gasteiger partial charge is 0.477 e. The molecule has 0 saturated carbocycles. The van der Waals surface area contributed by atoms with E-state index in [2.05, 4.69) is 11.2 Å². The Balaban J connectivity index is 1.89. The number of benzene rings is 1. The predicted molar refractivity (Wildman–Crippen MR) is 68.0 cm³/mol. The van der Waals surface area contributed by atoms with Crippen LogP contribution in [0.5, 0.6) is 0 Å². The standard InChI is InChI=1S/C14H14N2O3/c17-14(18)12-5-7-15-16(12)9-13-11-4-2-1-3-10(11)6-8-19-13/h1-5,7,13H,6,8-9H2,(H,17,18). The lowest BCUT2D eigenvalue weighted by Crippen LogP contribution is -2.22. The summed E-state index contributed by atoms with van der Waals surface area (Å²) >= 11 is 0. The molecule has 1 N–H and O–H groups in total. The normalized spacial score (nSPS) is 18.0. The maximum atomic E-state index is 11.1. The molecular weight excluding hydrogens is 244 g/mol. The third-order valence-electron chi connectivity index (χ3n) is 3.37. The van der Waals surface area contributed by atoms with E-state index in [0.29, 0.717) is 13.2 Å². The molecule has 1 atom stereocenters. The summed E-state index contributed by atoms with van der Waals surface area (Å²) in [6.45, 7) is 1.08. The van der Waals surface area contributed by atoms with Crippen LogP contribution in [0.25, 0.3) is 0 Å². The summed E-state index contributed by atoms with van der Waals surface area (Å²) in [6.07, 6.45) is 2.26. The van der Waals surface area contributed by atoms with Crippen LogP contribution in [0.2, 0.25) is 0 Å². The van der Waals surface area contributed by atoms with E-state index in [9.17, 15) is 4.79 Å². The van der Waals surface area contributed by atoms with Crippen LogP contribution in [-0.4, -0.2) is 27.5 Å². The highest BCUT2D eigenvalue weighted by atomic mass is 16.5. The number of fused-ring (bicyclic) bond motifs is 1. The minimum Gasteiger partial charge on any atom is -0.477 e. The van der Waals surface area contributed by atoms with Crippen molar-refractivity contribution in [1.82, 2.24) is 9.78 Å². The Morgan fingerprint density at radius 2 is 2.26 bits per heavy atom. The van der Waals surface area contributed by atoms with Gasteiger partial charge in [-0.1, -0.05) is 24.3 Å². The molecule has 1 aromatic heterocycles. The molecule has 19 heavy (non-hydrogen) atoms. The summed E-state index contributed by atoms with van der Waals surface area (Å²) in [5, 5.41) is 13.1. The Bertz CT molecular complexity index is 606. The van der Waals surface area contributed by atoms with Crippen LogP contribution >= 0.6 is 0 Å². The van der Waals surface area contributed by atoms with Crippen molar-refractivity contribution in [1.29, 1.82) is 0 Å². The number of carbonyl (C=O) groups is 1. The van der Waals surface area contributed by atoms with Crippen LogP contribution in [0.15, 0.2) is 36.5 Å². The fourth-order valence-electron chi connectivity index (χ4n) is 2.44. The summed E-state index contributed by atoms with van der Waals surface area (Å²) in [4.78, 5) is 11.1. The second kappa shape index (κ2) is 4.85. The lowest BCUT2D eigenvalue weighted by molar-refractivity contribution is 0.0271. The number of aromatic nitrogens is 2. The highest BCUT2D eigenvalue weighted by molar-refractivity contribution is 5.85. The average Bonchev–Trinajstić information content (AvgIpc) is 2.87. The van der Waals surface area contributed by atoms with Gasteiger partial charge < -0.3 is 9.84 Å². The number of aromatic carboxylic acids is 1. The third kappa shape index (κ3) is 2.24. The molecule has 1 aliphatic rings. The number of ether oxygens (including phenoxy) is 1. The highest BCUT2D eigenvalue weighted by Gasteiger charge is 2.22. The molecule has 0 aliphatic carbocycles. The van der Waals surface area contributed by atoms with Gasteiger partial charge in [0, 0.05) is 6.20 Å². The first kappa shape index (κ1) is 11.9. The SMILES string of the molecule is O=C(O)c1ccnn1CC1OCCc2ccccc21. The van der Waals surface area contributed by atoms with Crippen molar-refractivity contribution in [2.24, 2.45) is 0 Å². The molecule has 3 rings (SSSR count). The zero-order chi connectivity index (χ0) is 13.2. The van der Waals surface area contributed by atoms with Gasteiger partial charge in [0.1, 0.15) is 11.8 Å². The Morgan fingerprint density at radius 3 is 3.11 bits per heavy atom. The predicted octanol–water partition coefficient (Wildman–Crippen LogP) is 1.90. The molecule has 0 radical (unpaired) electrons. The van der Waals surface area contributed by atoms with Crippen molar-refractivity contribution in [3.05, 3.63) is 53.3 Å². The number of carboxylic acid groups (broad SMARTS) is 1. The maximum Gasteiger partial charge on any atom is 0.354 e. The Kier molecular flexibility index (Phi) is 3.05. The first-order valence-electron chi connectivity index (χ1n) is 6.20. The molecule has 0 fully saturated rings. The van der Waals surface area contributed by atoms with Crippen molar-refractivity contribution in [3.63, 3.8) is 0 Å². The molecule has 1 unspecified atom stereocenters. The van der Waals surface area contributed by atoms with Crippen LogP contribution in [0, 0.1) is 0 Å². The number of carboxylic acids is 1. The molecule has 2 aromatic rings. The number of hydrogen-bond donors (Lipinski definition) is 1. The molecule has 5 heteroatoms. The zero-order valence-corrected chi connectivity index (χ0v) is 10.3. The number of hydrogen-bond acceptors (Lipinski definition) is 3. The molecule has 5 nitrogen and oxygen atoms in total. The second-order valence-corrected chi connectivity index (χ2v) is 4.51. The van der Waals surface area contributed by atoms with Gasteiger partial charge >= 0.3 is 5.97 Å². The van der Waals surface area contributed by atoms with Crippen molar-refractivity contribution in [3.8, 4) is 0 Å². The summed E-state index contributed by atoms with van der Waals surface area (Å²) in [5.41, 5.74) is 2.58. The molecule has 0 spiro atoms. The van der Waals surface area contributed by atoms with Gasteiger partial charge in [-0.15, -0.1) is 0 Å². The minimum atomic E-state index is -0.971. The van der Waals surface area contributed by atoms with Crippen LogP contribution in [-0.2, 0) is 17.7 Å². The summed E-state index contributed by atoms with van der Waals surface area (Å²) < 4.78 is 7.24. The summed E-state index contributed by atoms with van der Waals surface area (Å²) in [5.74, 6) is -0.971. The molecule has 0 saturated heterocycles. The summed E-state index contributed by atoms with van der Waals surface area (Å²) in [6, 6.07) is 9.60. The van der Waals surface area contributed by atoms with E-state index in [0.717, 1.165) is 12.0 Å². The van der Waals surface area contributed by atoms with Gasteiger partial charge in [0.15, 0.2) is 0 Å². The Morgan fingerprint density at radius 1 is 1.42 bits per heavy atom. The highest BCUT2D eigenvalue weighted by Crippen LogP contribution is 2.28. The van der Waals surface area contributed by atoms with E-state index < -0.39 is 5.97 Å². The number of nitrogens with zero attached hydrogens (tertiary/aromatic N) is 2. The van der Waals surface area contributed by atoms with Crippen LogP contribution in [0.3, 0.4) is 0 Å². The number of rotatable bonds is 3. The molecule has 0 amide bonds. The maximum absolute atomic E-state index is 11.1. The smallest absolute Gasteiger partial charge is 0.354 e. The van der Waals surface area contributed by atoms with Gasteiger partial charge in [0.25, 0.3) is 0 Å². The van der Waals surface area contributed by atoms with E-state index in [1.165, 1.54) is 22.5 Å². The van der Waals surface area contributed by atoms with Crippen molar-refractivity contribution in [2.45, 2.75) is 19.1 Å². The van der Waals surface area contributed by atoms with Gasteiger partial charge in [-0.05, 0) is 23.6 Å². The second-order valence-electron chi connectivity index (χ2n) is 4.51. The van der Waals surface area contributed by atoms with Gasteiger partial charge in [0.05, 0.1) is 13.2 Å². The topological polar surface area (TPSA) is 64.3 Å². The lowest BCUT2D eigenvalue weighted by atomic mass is 9.97. The van der Waals surface area contributed by atoms with E-state index in [1.54, 1.807) is 0 Å². The summed E-state index contributed by atoms with van der Waals surface area (Å²) in [7, 11) is 0. The molecule has 2 heterocycles. The van der Waals surface area contributed by atoms with Crippen LogP contribution in [0.4, 0.5) is 0 Å². The van der Waals surface area contributed by atoms with Crippen LogP contribution < -0.4 is 0 Å². The van der Waals surface area contributed by atoms with Crippen molar-refractivity contribution >= 4 is 5.97 Å². The fraction of sp³-hybridized carbons (Fsp3) is 0.286. The fourth-order valence-corrected chi connectivity index (χ4v) is 2.44. The van der Waals surface area contributed by atoms with Gasteiger partial charge in [-0.3, -0.25) is 4.68 Å². The van der Waals surface area contributed by atoms with Crippen LogP contribution in [0.1, 0.15) is 27.7 Å². The monoisotopic (exact) mass is 258 g/mol. The van der Waals surface area contributed by atoms with Gasteiger partial charge in [-0.2, -0.15) is 5.10 Å². The Labute approximate surface area is 110 Å². The lowest BCUT2D eigenvalue weighted by Gasteiger charge is -2.26. The van der Waals surface area contributed by atoms with E-state index in [1.807, 2.05) is 18.2 Å². The third-order valence-corrected chi connectivity index (χ3v) is 3.37. The minimum absolute atomic E-state index is 0.136. The Hall–Kier alpha value is -2.14. The van der Waals surface area contributed by atoms with E-state index >= 15 is 0 Å². The average molecular weight is 258 g/mol. The molecule has 1 aromatic carbocycles. The van der Waals surface area contributed by atoms with E-state index in [-0.39, 0.29) is 11.8 Å². The first-order valence-corrected chi connectivity index (χ1v) is 6.20. The van der Waals surface area contributed by atoms with Crippen molar-refractivity contribution in [2.75, 3.05) is 6.61 Å². The van der Waals surface area contributed by atoms with Gasteiger partial charge in [0.2, 0.25) is 0 Å². The molecular formula is C14H14N2O3. The zero-order valence-electron chi connectivity index (χ0n) is 10.3. The van der Waals surface area contributed by atoms with E-state index in [4.69, 9.17) is 9.84 Å². The quantitative estimate of drug-likeness (QED) is 0.913. The first-order chi connectivity index (χ1) is 9.25. The molecule has 1 aliphatic heterocycles.